The van der Waals surface area contributed by atoms with Gasteiger partial charge in [0.1, 0.15) is 0 Å². The molecule has 156 valence electrons. The summed E-state index contributed by atoms with van der Waals surface area (Å²) in [6.45, 7) is 10.7. The molecule has 2 N–H and O–H groups in total. The Balaban J connectivity index is 1.90. The quantitative estimate of drug-likeness (QED) is 0.740. The molecule has 0 bridgehead atoms. The minimum Gasteiger partial charge on any atom is -0.480 e. The highest BCUT2D eigenvalue weighted by molar-refractivity contribution is 5.94. The van der Waals surface area contributed by atoms with Gasteiger partial charge in [-0.1, -0.05) is 32.9 Å². The summed E-state index contributed by atoms with van der Waals surface area (Å²) in [7, 11) is 1.76. The number of rotatable bonds is 7. The molecule has 1 aromatic carbocycles. The fourth-order valence-electron chi connectivity index (χ4n) is 3.31. The molecule has 28 heavy (non-hydrogen) atoms. The van der Waals surface area contributed by atoms with E-state index in [0.717, 1.165) is 5.69 Å². The van der Waals surface area contributed by atoms with Gasteiger partial charge in [-0.25, -0.2) is 0 Å². The standard InChI is InChI=1S/C21H33N3O4/c1-15(20(27)22-17-8-6-16(7-9-17)21(2,3)4)24-10-11-28-18(13-24)12-23(5)14-19(25)26/h6-9,15,18H,10-14H2,1-5H3,(H,22,27)(H,25,26). The summed E-state index contributed by atoms with van der Waals surface area (Å²) in [4.78, 5) is 27.3. The van der Waals surface area contributed by atoms with E-state index in [-0.39, 0.29) is 30.0 Å². The molecule has 1 amide bonds. The molecule has 1 saturated heterocycles. The number of hydrogen-bond donors (Lipinski definition) is 2. The van der Waals surface area contributed by atoms with Crippen LogP contribution in [0.25, 0.3) is 0 Å². The van der Waals surface area contributed by atoms with Crippen molar-refractivity contribution >= 4 is 17.6 Å². The van der Waals surface area contributed by atoms with E-state index in [1.165, 1.54) is 5.56 Å². The number of carbonyl (C=O) groups excluding carboxylic acids is 1. The maximum atomic E-state index is 12.7. The van der Waals surface area contributed by atoms with Crippen molar-refractivity contribution < 1.29 is 19.4 Å². The second kappa shape index (κ2) is 9.49. The third-order valence-corrected chi connectivity index (χ3v) is 5.04. The fraction of sp³-hybridized carbons (Fsp3) is 0.619. The van der Waals surface area contributed by atoms with E-state index in [1.807, 2.05) is 31.2 Å². The van der Waals surface area contributed by atoms with E-state index in [4.69, 9.17) is 9.84 Å². The zero-order valence-electron chi connectivity index (χ0n) is 17.6. The molecule has 0 aromatic heterocycles. The van der Waals surface area contributed by atoms with Crippen LogP contribution in [-0.2, 0) is 19.7 Å². The van der Waals surface area contributed by atoms with Crippen molar-refractivity contribution in [2.75, 3.05) is 45.2 Å². The Hall–Kier alpha value is -1.96. The minimum absolute atomic E-state index is 0.0273. The Morgan fingerprint density at radius 2 is 1.96 bits per heavy atom. The van der Waals surface area contributed by atoms with E-state index in [1.54, 1.807) is 11.9 Å². The first-order valence-electron chi connectivity index (χ1n) is 9.73. The number of benzene rings is 1. The predicted molar refractivity (Wildman–Crippen MR) is 110 cm³/mol. The molecule has 1 fully saturated rings. The van der Waals surface area contributed by atoms with E-state index in [0.29, 0.717) is 26.2 Å². The van der Waals surface area contributed by atoms with Crippen LogP contribution in [0.15, 0.2) is 24.3 Å². The zero-order valence-corrected chi connectivity index (χ0v) is 17.6. The van der Waals surface area contributed by atoms with E-state index in [2.05, 4.69) is 31.0 Å². The first kappa shape index (κ1) is 22.3. The molecule has 7 heteroatoms. The van der Waals surface area contributed by atoms with Gasteiger partial charge in [-0.2, -0.15) is 0 Å². The number of ether oxygens (including phenoxy) is 1. The molecule has 2 rings (SSSR count). The monoisotopic (exact) mass is 391 g/mol. The molecule has 0 aliphatic carbocycles. The molecule has 1 aromatic rings. The van der Waals surface area contributed by atoms with Crippen molar-refractivity contribution in [3.05, 3.63) is 29.8 Å². The van der Waals surface area contributed by atoms with Gasteiger partial charge in [0.05, 0.1) is 25.3 Å². The Labute approximate surface area is 167 Å². The summed E-state index contributed by atoms with van der Waals surface area (Å²) < 4.78 is 5.75. The van der Waals surface area contributed by atoms with Gasteiger partial charge < -0.3 is 15.2 Å². The average Bonchev–Trinajstić information content (AvgIpc) is 2.60. The summed E-state index contributed by atoms with van der Waals surface area (Å²) >= 11 is 0. The molecule has 0 radical (unpaired) electrons. The fourth-order valence-corrected chi connectivity index (χ4v) is 3.31. The third-order valence-electron chi connectivity index (χ3n) is 5.04. The van der Waals surface area contributed by atoms with Crippen LogP contribution in [-0.4, -0.2) is 78.8 Å². The number of carboxylic acids is 1. The third kappa shape index (κ3) is 6.58. The predicted octanol–water partition coefficient (Wildman–Crippen LogP) is 2.03. The lowest BCUT2D eigenvalue weighted by Gasteiger charge is -2.37. The van der Waals surface area contributed by atoms with Gasteiger partial charge in [-0.05, 0) is 37.1 Å². The van der Waals surface area contributed by atoms with Crippen LogP contribution in [0.5, 0.6) is 0 Å². The molecular weight excluding hydrogens is 358 g/mol. The SMILES string of the molecule is CC(C(=O)Nc1ccc(C(C)(C)C)cc1)N1CCOC(CN(C)CC(=O)O)C1. The van der Waals surface area contributed by atoms with E-state index in [9.17, 15) is 9.59 Å². The van der Waals surface area contributed by atoms with Gasteiger partial charge in [0.2, 0.25) is 5.91 Å². The number of nitrogens with one attached hydrogen (secondary N) is 1. The molecule has 2 unspecified atom stereocenters. The lowest BCUT2D eigenvalue weighted by Crippen LogP contribution is -2.53. The van der Waals surface area contributed by atoms with Crippen molar-refractivity contribution in [3.8, 4) is 0 Å². The number of carboxylic acid groups (broad SMARTS) is 1. The maximum Gasteiger partial charge on any atom is 0.317 e. The van der Waals surface area contributed by atoms with Crippen molar-refractivity contribution in [3.63, 3.8) is 0 Å². The minimum atomic E-state index is -0.861. The van der Waals surface area contributed by atoms with Crippen LogP contribution >= 0.6 is 0 Å². The first-order valence-corrected chi connectivity index (χ1v) is 9.73. The van der Waals surface area contributed by atoms with Crippen molar-refractivity contribution in [1.82, 2.24) is 9.80 Å². The molecule has 0 saturated carbocycles. The number of carbonyl (C=O) groups is 2. The number of likely N-dealkylation sites (N-methyl/N-ethyl adjacent to an activating group) is 1. The van der Waals surface area contributed by atoms with Gasteiger partial charge in [0, 0.05) is 25.3 Å². The van der Waals surface area contributed by atoms with Crippen molar-refractivity contribution in [2.24, 2.45) is 0 Å². The number of aliphatic carboxylic acids is 1. The van der Waals surface area contributed by atoms with Crippen molar-refractivity contribution in [2.45, 2.75) is 45.3 Å². The van der Waals surface area contributed by atoms with Crippen LogP contribution in [0.2, 0.25) is 0 Å². The Bertz CT molecular complexity index is 669. The van der Waals surface area contributed by atoms with Crippen LogP contribution in [0.3, 0.4) is 0 Å². The molecule has 1 aliphatic rings. The van der Waals surface area contributed by atoms with Crippen LogP contribution in [0.4, 0.5) is 5.69 Å². The average molecular weight is 392 g/mol. The summed E-state index contributed by atoms with van der Waals surface area (Å²) in [6.07, 6.45) is -0.112. The number of hydrogen-bond acceptors (Lipinski definition) is 5. The summed E-state index contributed by atoms with van der Waals surface area (Å²) in [5.41, 5.74) is 2.09. The highest BCUT2D eigenvalue weighted by Crippen LogP contribution is 2.23. The van der Waals surface area contributed by atoms with Gasteiger partial charge in [0.25, 0.3) is 0 Å². The van der Waals surface area contributed by atoms with Crippen LogP contribution in [0, 0.1) is 0 Å². The highest BCUT2D eigenvalue weighted by atomic mass is 16.5. The molecular formula is C21H33N3O4. The van der Waals surface area contributed by atoms with E-state index < -0.39 is 5.97 Å². The van der Waals surface area contributed by atoms with Crippen molar-refractivity contribution in [1.29, 1.82) is 0 Å². The lowest BCUT2D eigenvalue weighted by molar-refractivity contribution is -0.138. The number of amides is 1. The van der Waals surface area contributed by atoms with Crippen LogP contribution in [0.1, 0.15) is 33.3 Å². The molecule has 1 heterocycles. The lowest BCUT2D eigenvalue weighted by atomic mass is 9.87. The largest absolute Gasteiger partial charge is 0.480 e. The number of morpholine rings is 1. The first-order chi connectivity index (χ1) is 13.1. The van der Waals surface area contributed by atoms with E-state index >= 15 is 0 Å². The Morgan fingerprint density at radius 3 is 2.54 bits per heavy atom. The Morgan fingerprint density at radius 1 is 1.32 bits per heavy atom. The van der Waals surface area contributed by atoms with Gasteiger partial charge in [0.15, 0.2) is 0 Å². The normalized spacial score (nSPS) is 19.4. The second-order valence-electron chi connectivity index (χ2n) is 8.57. The number of nitrogens with zero attached hydrogens (tertiary/aromatic N) is 2. The Kier molecular flexibility index (Phi) is 7.57. The zero-order chi connectivity index (χ0) is 20.9. The molecule has 2 atom stereocenters. The topological polar surface area (TPSA) is 82.1 Å². The second-order valence-corrected chi connectivity index (χ2v) is 8.57. The van der Waals surface area contributed by atoms with Crippen LogP contribution < -0.4 is 5.32 Å². The highest BCUT2D eigenvalue weighted by Gasteiger charge is 2.29. The maximum absolute atomic E-state index is 12.7. The summed E-state index contributed by atoms with van der Waals surface area (Å²) in [5, 5.41) is 11.9. The molecule has 0 spiro atoms. The van der Waals surface area contributed by atoms with Gasteiger partial charge in [-0.15, -0.1) is 0 Å². The van der Waals surface area contributed by atoms with Gasteiger partial charge >= 0.3 is 5.97 Å². The summed E-state index contributed by atoms with van der Waals surface area (Å²) in [5.74, 6) is -0.913. The number of anilines is 1. The molecule has 1 aliphatic heterocycles. The van der Waals surface area contributed by atoms with Gasteiger partial charge in [-0.3, -0.25) is 19.4 Å². The molecule has 7 nitrogen and oxygen atoms in total. The smallest absolute Gasteiger partial charge is 0.317 e. The summed E-state index contributed by atoms with van der Waals surface area (Å²) in [6, 6.07) is 7.67.